The van der Waals surface area contributed by atoms with E-state index in [1.165, 1.54) is 0 Å². The van der Waals surface area contributed by atoms with Crippen molar-refractivity contribution in [3.05, 3.63) is 29.3 Å². The van der Waals surface area contributed by atoms with Gasteiger partial charge in [0.2, 0.25) is 5.13 Å². The number of hydrogen-bond donors (Lipinski definition) is 2. The Balaban J connectivity index is 2.21. The Morgan fingerprint density at radius 1 is 1.44 bits per heavy atom. The van der Waals surface area contributed by atoms with Crippen LogP contribution in [0, 0.1) is 6.92 Å². The number of nitrogens with one attached hydrogen (secondary N) is 1. The zero-order chi connectivity index (χ0) is 11.5. The summed E-state index contributed by atoms with van der Waals surface area (Å²) in [4.78, 5) is 11.8. The zero-order valence-electron chi connectivity index (χ0n) is 8.47. The molecule has 82 valence electrons. The molecule has 2 aromatic rings. The lowest BCUT2D eigenvalue weighted by Crippen LogP contribution is -2.12. The van der Waals surface area contributed by atoms with Gasteiger partial charge in [0.25, 0.3) is 5.91 Å². The summed E-state index contributed by atoms with van der Waals surface area (Å²) in [6.45, 7) is 1.87. The Labute approximate surface area is 95.6 Å². The van der Waals surface area contributed by atoms with Crippen LogP contribution in [0.2, 0.25) is 0 Å². The number of aryl methyl sites for hydroxylation is 1. The summed E-state index contributed by atoms with van der Waals surface area (Å²) in [6, 6.07) is 5.15. The van der Waals surface area contributed by atoms with E-state index >= 15 is 0 Å². The highest BCUT2D eigenvalue weighted by Gasteiger charge is 2.09. The highest BCUT2D eigenvalue weighted by Crippen LogP contribution is 2.13. The van der Waals surface area contributed by atoms with Crippen LogP contribution in [0.4, 0.5) is 10.8 Å². The summed E-state index contributed by atoms with van der Waals surface area (Å²) in [5, 5.41) is 9.95. The lowest BCUT2D eigenvalue weighted by atomic mass is 10.1. The third-order valence-corrected chi connectivity index (χ3v) is 2.39. The van der Waals surface area contributed by atoms with Gasteiger partial charge in [-0.1, -0.05) is 9.59 Å². The van der Waals surface area contributed by atoms with Crippen molar-refractivity contribution in [3.8, 4) is 0 Å². The normalized spacial score (nSPS) is 10.1. The van der Waals surface area contributed by atoms with Crippen LogP contribution in [0.15, 0.2) is 18.2 Å². The topological polar surface area (TPSA) is 93.8 Å². The number of nitrogen functional groups attached to an aromatic ring is 1. The molecule has 1 aromatic heterocycles. The number of hydrogen-bond acceptors (Lipinski definition) is 6. The molecule has 1 aromatic carbocycles. The Kier molecular flexibility index (Phi) is 2.78. The van der Waals surface area contributed by atoms with Gasteiger partial charge in [0.15, 0.2) is 0 Å². The van der Waals surface area contributed by atoms with E-state index in [4.69, 9.17) is 5.73 Å². The zero-order valence-corrected chi connectivity index (χ0v) is 9.28. The Hall–Kier alpha value is -2.02. The molecule has 1 heterocycles. The van der Waals surface area contributed by atoms with Crippen molar-refractivity contribution >= 4 is 28.3 Å². The van der Waals surface area contributed by atoms with Gasteiger partial charge in [-0.25, -0.2) is 0 Å². The second kappa shape index (κ2) is 4.23. The van der Waals surface area contributed by atoms with Crippen molar-refractivity contribution < 1.29 is 4.79 Å². The van der Waals surface area contributed by atoms with Gasteiger partial charge >= 0.3 is 0 Å². The molecular formula is C9H9N5OS. The molecule has 7 heteroatoms. The molecule has 0 aliphatic rings. The standard InChI is InChI=1S/C9H9N5OS/c1-5-2-6(4-7(10)3-5)8(15)11-9-12-13-14-16-9/h2-4H,10H2,1H3,(H,11,12,14,15). The van der Waals surface area contributed by atoms with Crippen molar-refractivity contribution in [1.82, 2.24) is 14.8 Å². The number of benzene rings is 1. The summed E-state index contributed by atoms with van der Waals surface area (Å²) in [5.74, 6) is -0.269. The summed E-state index contributed by atoms with van der Waals surface area (Å²) in [7, 11) is 0. The lowest BCUT2D eigenvalue weighted by molar-refractivity contribution is 0.102. The number of carbonyl (C=O) groups excluding carboxylic acids is 1. The van der Waals surface area contributed by atoms with Crippen molar-refractivity contribution in [3.63, 3.8) is 0 Å². The maximum atomic E-state index is 11.8. The molecule has 0 unspecified atom stereocenters. The molecule has 0 fully saturated rings. The molecule has 2 rings (SSSR count). The van der Waals surface area contributed by atoms with Gasteiger partial charge in [0.05, 0.1) is 0 Å². The predicted octanol–water partition coefficient (Wildman–Crippen LogP) is 1.08. The second-order valence-corrected chi connectivity index (χ2v) is 3.99. The third-order valence-electron chi connectivity index (χ3n) is 1.88. The predicted molar refractivity (Wildman–Crippen MR) is 61.2 cm³/mol. The Morgan fingerprint density at radius 3 is 2.88 bits per heavy atom. The summed E-state index contributed by atoms with van der Waals surface area (Å²) in [5.41, 5.74) is 7.63. The minimum atomic E-state index is -0.269. The SMILES string of the molecule is Cc1cc(N)cc(C(=O)Nc2nnns2)c1. The van der Waals surface area contributed by atoms with E-state index in [0.717, 1.165) is 17.1 Å². The Bertz CT molecular complexity index is 490. The Morgan fingerprint density at radius 2 is 2.25 bits per heavy atom. The van der Waals surface area contributed by atoms with Crippen molar-refractivity contribution in [2.24, 2.45) is 0 Å². The maximum absolute atomic E-state index is 11.8. The molecule has 0 bridgehead atoms. The fraction of sp³-hybridized carbons (Fsp3) is 0.111. The molecule has 3 N–H and O–H groups in total. The van der Waals surface area contributed by atoms with Gasteiger partial charge in [-0.05, 0) is 35.9 Å². The second-order valence-electron chi connectivity index (χ2n) is 3.25. The molecule has 0 aliphatic heterocycles. The average Bonchev–Trinajstić information content (AvgIpc) is 2.68. The first kappa shape index (κ1) is 10.5. The number of nitrogens with two attached hydrogens (primary N) is 1. The van der Waals surface area contributed by atoms with Gasteiger partial charge in [0.1, 0.15) is 0 Å². The quantitative estimate of drug-likeness (QED) is 0.759. The van der Waals surface area contributed by atoms with Crippen molar-refractivity contribution in [2.75, 3.05) is 11.1 Å². The van der Waals surface area contributed by atoms with E-state index in [-0.39, 0.29) is 5.91 Å². The van der Waals surface area contributed by atoms with E-state index in [1.807, 2.05) is 6.92 Å². The van der Waals surface area contributed by atoms with Crippen LogP contribution < -0.4 is 11.1 Å². The molecule has 0 saturated carbocycles. The van der Waals surface area contributed by atoms with Crippen molar-refractivity contribution in [1.29, 1.82) is 0 Å². The summed E-state index contributed by atoms with van der Waals surface area (Å²) < 4.78 is 3.55. The fourth-order valence-electron chi connectivity index (χ4n) is 1.29. The molecule has 1 amide bonds. The van der Waals surface area contributed by atoms with E-state index in [9.17, 15) is 4.79 Å². The van der Waals surface area contributed by atoms with Crippen molar-refractivity contribution in [2.45, 2.75) is 6.92 Å². The molecule has 16 heavy (non-hydrogen) atoms. The maximum Gasteiger partial charge on any atom is 0.257 e. The van der Waals surface area contributed by atoms with Crippen LogP contribution in [0.1, 0.15) is 15.9 Å². The first-order valence-electron chi connectivity index (χ1n) is 4.49. The largest absolute Gasteiger partial charge is 0.399 e. The molecular weight excluding hydrogens is 226 g/mol. The first-order valence-corrected chi connectivity index (χ1v) is 5.26. The number of nitrogens with zero attached hydrogens (tertiary/aromatic N) is 3. The number of carbonyl (C=O) groups is 1. The monoisotopic (exact) mass is 235 g/mol. The van der Waals surface area contributed by atoms with Gasteiger partial charge < -0.3 is 5.73 Å². The van der Waals surface area contributed by atoms with Crippen LogP contribution in [-0.4, -0.2) is 20.7 Å². The van der Waals surface area contributed by atoms with E-state index in [2.05, 4.69) is 20.1 Å². The molecule has 6 nitrogen and oxygen atoms in total. The molecule has 0 radical (unpaired) electrons. The van der Waals surface area contributed by atoms with Crippen LogP contribution in [-0.2, 0) is 0 Å². The first-order chi connectivity index (χ1) is 7.65. The fourth-order valence-corrected chi connectivity index (χ4v) is 1.66. The summed E-state index contributed by atoms with van der Waals surface area (Å²) in [6.07, 6.45) is 0. The van der Waals surface area contributed by atoms with Gasteiger partial charge in [-0.2, -0.15) is 0 Å². The smallest absolute Gasteiger partial charge is 0.257 e. The van der Waals surface area contributed by atoms with E-state index < -0.39 is 0 Å². The van der Waals surface area contributed by atoms with Crippen LogP contribution in [0.5, 0.6) is 0 Å². The number of amides is 1. The molecule has 0 spiro atoms. The number of aromatic nitrogens is 3. The lowest BCUT2D eigenvalue weighted by Gasteiger charge is -2.03. The van der Waals surface area contributed by atoms with E-state index in [1.54, 1.807) is 18.2 Å². The average molecular weight is 235 g/mol. The van der Waals surface area contributed by atoms with Crippen LogP contribution >= 0.6 is 11.5 Å². The molecule has 0 atom stereocenters. The van der Waals surface area contributed by atoms with Gasteiger partial charge in [-0.15, -0.1) is 0 Å². The highest BCUT2D eigenvalue weighted by molar-refractivity contribution is 7.09. The number of anilines is 2. The molecule has 0 aliphatic carbocycles. The number of rotatable bonds is 2. The van der Waals surface area contributed by atoms with E-state index in [0.29, 0.717) is 16.4 Å². The third kappa shape index (κ3) is 2.31. The minimum Gasteiger partial charge on any atom is -0.399 e. The van der Waals surface area contributed by atoms with Gasteiger partial charge in [0, 0.05) is 22.8 Å². The van der Waals surface area contributed by atoms with Gasteiger partial charge in [-0.3, -0.25) is 10.1 Å². The minimum absolute atomic E-state index is 0.269. The highest BCUT2D eigenvalue weighted by atomic mass is 32.1. The van der Waals surface area contributed by atoms with Crippen LogP contribution in [0.25, 0.3) is 0 Å². The molecule has 0 saturated heterocycles. The summed E-state index contributed by atoms with van der Waals surface area (Å²) >= 11 is 1.02. The van der Waals surface area contributed by atoms with Crippen LogP contribution in [0.3, 0.4) is 0 Å².